The molecule has 0 spiro atoms. The Labute approximate surface area is 117 Å². The Bertz CT molecular complexity index is 539. The number of carbonyl (C=O) groups excluding carboxylic acids is 1. The Hall–Kier alpha value is -2.09. The first kappa shape index (κ1) is 14.3. The van der Waals surface area contributed by atoms with Gasteiger partial charge in [-0.3, -0.25) is 0 Å². The van der Waals surface area contributed by atoms with E-state index >= 15 is 0 Å². The molecule has 1 heterocycles. The molecule has 1 fully saturated rings. The summed E-state index contributed by atoms with van der Waals surface area (Å²) >= 11 is 0. The van der Waals surface area contributed by atoms with Crippen LogP contribution >= 0.6 is 0 Å². The molecular weight excluding hydrogens is 259 g/mol. The lowest BCUT2D eigenvalue weighted by Crippen LogP contribution is -2.46. The van der Waals surface area contributed by atoms with E-state index in [1.54, 1.807) is 24.0 Å². The highest BCUT2D eigenvalue weighted by molar-refractivity contribution is 5.80. The molecule has 5 heteroatoms. The summed E-state index contributed by atoms with van der Waals surface area (Å²) < 4.78 is 19.2. The second kappa shape index (κ2) is 6.38. The normalized spacial score (nSPS) is 18.4. The lowest BCUT2D eigenvalue weighted by molar-refractivity contribution is -0.145. The number of carbonyl (C=O) groups is 1. The van der Waals surface area contributed by atoms with Gasteiger partial charge in [-0.1, -0.05) is 0 Å². The van der Waals surface area contributed by atoms with Gasteiger partial charge in [-0.2, -0.15) is 5.26 Å². The summed E-state index contributed by atoms with van der Waals surface area (Å²) in [7, 11) is 0. The van der Waals surface area contributed by atoms with Gasteiger partial charge in [-0.25, -0.2) is 9.18 Å². The zero-order chi connectivity index (χ0) is 14.5. The van der Waals surface area contributed by atoms with E-state index in [9.17, 15) is 9.18 Å². The summed E-state index contributed by atoms with van der Waals surface area (Å²) in [6, 6.07) is 5.79. The molecule has 1 aliphatic rings. The second-order valence-electron chi connectivity index (χ2n) is 4.74. The highest BCUT2D eigenvalue weighted by Gasteiger charge is 2.31. The zero-order valence-corrected chi connectivity index (χ0v) is 11.4. The number of nitrogens with zero attached hydrogens (tertiary/aromatic N) is 2. The fourth-order valence-electron chi connectivity index (χ4n) is 2.51. The summed E-state index contributed by atoms with van der Waals surface area (Å²) in [5, 5.41) is 8.77. The Balaban J connectivity index is 2.28. The minimum absolute atomic E-state index is 0.274. The molecule has 20 heavy (non-hydrogen) atoms. The third-order valence-corrected chi connectivity index (χ3v) is 3.45. The molecule has 0 N–H and O–H groups in total. The molecular formula is C15H17FN2O2. The maximum atomic E-state index is 14.1. The molecule has 2 rings (SSSR count). The fraction of sp³-hybridized carbons (Fsp3) is 0.467. The van der Waals surface area contributed by atoms with Crippen molar-refractivity contribution in [2.45, 2.75) is 32.2 Å². The Kier molecular flexibility index (Phi) is 4.57. The standard InChI is InChI=1S/C15H17FN2O2/c1-2-20-15(19)14-5-3-4-8-18(14)13-7-6-11(10-17)9-12(13)16/h6-7,9,14H,2-5,8H2,1H3. The lowest BCUT2D eigenvalue weighted by Gasteiger charge is -2.36. The summed E-state index contributed by atoms with van der Waals surface area (Å²) in [6.07, 6.45) is 2.51. The van der Waals surface area contributed by atoms with Crippen LogP contribution in [0.3, 0.4) is 0 Å². The SMILES string of the molecule is CCOC(=O)C1CCCCN1c1ccc(C#N)cc1F. The molecule has 1 unspecified atom stereocenters. The van der Waals surface area contributed by atoms with E-state index in [4.69, 9.17) is 10.00 Å². The number of piperidine rings is 1. The zero-order valence-electron chi connectivity index (χ0n) is 11.4. The summed E-state index contributed by atoms with van der Waals surface area (Å²) in [5.41, 5.74) is 0.637. The van der Waals surface area contributed by atoms with Crippen molar-refractivity contribution in [3.05, 3.63) is 29.6 Å². The van der Waals surface area contributed by atoms with Crippen molar-refractivity contribution < 1.29 is 13.9 Å². The Morgan fingerprint density at radius 3 is 3.00 bits per heavy atom. The molecule has 1 atom stereocenters. The minimum Gasteiger partial charge on any atom is -0.464 e. The summed E-state index contributed by atoms with van der Waals surface area (Å²) in [5.74, 6) is -0.781. The van der Waals surface area contributed by atoms with E-state index in [0.717, 1.165) is 12.8 Å². The van der Waals surface area contributed by atoms with Gasteiger partial charge < -0.3 is 9.64 Å². The number of ether oxygens (including phenoxy) is 1. The second-order valence-corrected chi connectivity index (χ2v) is 4.74. The number of hydrogen-bond donors (Lipinski definition) is 0. The van der Waals surface area contributed by atoms with E-state index in [2.05, 4.69) is 0 Å². The molecule has 4 nitrogen and oxygen atoms in total. The van der Waals surface area contributed by atoms with Crippen LogP contribution in [0.15, 0.2) is 18.2 Å². The third kappa shape index (κ3) is 2.90. The highest BCUT2D eigenvalue weighted by atomic mass is 19.1. The van der Waals surface area contributed by atoms with E-state index in [0.29, 0.717) is 25.3 Å². The smallest absolute Gasteiger partial charge is 0.328 e. The van der Waals surface area contributed by atoms with Crippen LogP contribution in [0, 0.1) is 17.1 Å². The van der Waals surface area contributed by atoms with Gasteiger partial charge in [0.2, 0.25) is 0 Å². The average molecular weight is 276 g/mol. The summed E-state index contributed by atoms with van der Waals surface area (Å²) in [4.78, 5) is 13.7. The molecule has 106 valence electrons. The van der Waals surface area contributed by atoms with Crippen LogP contribution < -0.4 is 4.90 Å². The first-order valence-corrected chi connectivity index (χ1v) is 6.80. The topological polar surface area (TPSA) is 53.3 Å². The van der Waals surface area contributed by atoms with Crippen molar-refractivity contribution >= 4 is 11.7 Å². The van der Waals surface area contributed by atoms with E-state index in [1.807, 2.05) is 6.07 Å². The molecule has 0 saturated carbocycles. The van der Waals surface area contributed by atoms with Crippen molar-refractivity contribution in [3.63, 3.8) is 0 Å². The minimum atomic E-state index is -0.472. The highest BCUT2D eigenvalue weighted by Crippen LogP contribution is 2.28. The van der Waals surface area contributed by atoms with Gasteiger partial charge in [-0.05, 0) is 44.4 Å². The molecule has 1 saturated heterocycles. The molecule has 0 radical (unpaired) electrons. The number of hydrogen-bond acceptors (Lipinski definition) is 4. The maximum absolute atomic E-state index is 14.1. The summed E-state index contributed by atoms with van der Waals surface area (Å²) in [6.45, 7) is 2.69. The van der Waals surface area contributed by atoms with E-state index in [-0.39, 0.29) is 11.5 Å². The molecule has 0 bridgehead atoms. The van der Waals surface area contributed by atoms with Gasteiger partial charge in [0.1, 0.15) is 11.9 Å². The third-order valence-electron chi connectivity index (χ3n) is 3.45. The molecule has 1 aliphatic heterocycles. The molecule has 1 aromatic rings. The number of rotatable bonds is 3. The first-order valence-electron chi connectivity index (χ1n) is 6.80. The van der Waals surface area contributed by atoms with Crippen LogP contribution in [0.4, 0.5) is 10.1 Å². The van der Waals surface area contributed by atoms with Crippen molar-refractivity contribution in [2.75, 3.05) is 18.1 Å². The van der Waals surface area contributed by atoms with Crippen molar-refractivity contribution in [2.24, 2.45) is 0 Å². The molecule has 1 aromatic carbocycles. The monoisotopic (exact) mass is 276 g/mol. The number of benzene rings is 1. The van der Waals surface area contributed by atoms with Crippen LogP contribution in [0.2, 0.25) is 0 Å². The van der Waals surface area contributed by atoms with Crippen LogP contribution in [-0.2, 0) is 9.53 Å². The predicted molar refractivity (Wildman–Crippen MR) is 72.7 cm³/mol. The van der Waals surface area contributed by atoms with Gasteiger partial charge in [0, 0.05) is 6.54 Å². The number of nitriles is 1. The van der Waals surface area contributed by atoms with Gasteiger partial charge in [0.15, 0.2) is 0 Å². The van der Waals surface area contributed by atoms with Gasteiger partial charge in [0.25, 0.3) is 0 Å². The van der Waals surface area contributed by atoms with Crippen LogP contribution in [-0.4, -0.2) is 25.2 Å². The van der Waals surface area contributed by atoms with Crippen molar-refractivity contribution in [3.8, 4) is 6.07 Å². The fourth-order valence-corrected chi connectivity index (χ4v) is 2.51. The average Bonchev–Trinajstić information content (AvgIpc) is 2.47. The van der Waals surface area contributed by atoms with E-state index < -0.39 is 11.9 Å². The largest absolute Gasteiger partial charge is 0.464 e. The van der Waals surface area contributed by atoms with Gasteiger partial charge >= 0.3 is 5.97 Å². The first-order chi connectivity index (χ1) is 9.67. The van der Waals surface area contributed by atoms with Crippen LogP contribution in [0.5, 0.6) is 0 Å². The molecule has 0 amide bonds. The quantitative estimate of drug-likeness (QED) is 0.796. The van der Waals surface area contributed by atoms with Crippen molar-refractivity contribution in [1.29, 1.82) is 5.26 Å². The van der Waals surface area contributed by atoms with E-state index in [1.165, 1.54) is 6.07 Å². The number of esters is 1. The Morgan fingerprint density at radius 1 is 1.55 bits per heavy atom. The van der Waals surface area contributed by atoms with Crippen molar-refractivity contribution in [1.82, 2.24) is 0 Å². The van der Waals surface area contributed by atoms with Crippen LogP contribution in [0.25, 0.3) is 0 Å². The maximum Gasteiger partial charge on any atom is 0.328 e. The Morgan fingerprint density at radius 2 is 2.35 bits per heavy atom. The van der Waals surface area contributed by atoms with Gasteiger partial charge in [-0.15, -0.1) is 0 Å². The lowest BCUT2D eigenvalue weighted by atomic mass is 10.0. The molecule has 0 aromatic heterocycles. The predicted octanol–water partition coefficient (Wildman–Crippen LogP) is 2.62. The number of halogens is 1. The molecule has 0 aliphatic carbocycles. The van der Waals surface area contributed by atoms with Crippen LogP contribution in [0.1, 0.15) is 31.7 Å². The van der Waals surface area contributed by atoms with Gasteiger partial charge in [0.05, 0.1) is 23.9 Å². The number of anilines is 1.